The monoisotopic (exact) mass is 290 g/mol. The highest BCUT2D eigenvalue weighted by molar-refractivity contribution is 7.87. The predicted octanol–water partition coefficient (Wildman–Crippen LogP) is -0.374. The summed E-state index contributed by atoms with van der Waals surface area (Å²) in [7, 11) is -4.44. The minimum atomic E-state index is -4.44. The van der Waals surface area contributed by atoms with Gasteiger partial charge in [0.15, 0.2) is 0 Å². The van der Waals surface area contributed by atoms with E-state index in [-0.39, 0.29) is 6.54 Å². The minimum Gasteiger partial charge on any atom is -0.350 e. The van der Waals surface area contributed by atoms with Crippen LogP contribution >= 0.6 is 0 Å². The Labute approximate surface area is 112 Å². The largest absolute Gasteiger partial charge is 0.350 e. The summed E-state index contributed by atoms with van der Waals surface area (Å²) in [6.45, 7) is 8.77. The summed E-state index contributed by atoms with van der Waals surface area (Å²) >= 11 is 0. The number of nitrogens with one attached hydrogen (secondary N) is 2. The van der Waals surface area contributed by atoms with E-state index >= 15 is 0 Å². The molecule has 0 aliphatic carbocycles. The second kappa shape index (κ2) is 6.48. The van der Waals surface area contributed by atoms with Crippen molar-refractivity contribution in [2.24, 2.45) is 0 Å². The Morgan fingerprint density at radius 1 is 1.26 bits per heavy atom. The summed E-state index contributed by atoms with van der Waals surface area (Å²) in [5.41, 5.74) is 0. The van der Waals surface area contributed by atoms with E-state index in [1.54, 1.807) is 0 Å². The average Bonchev–Trinajstić information content (AvgIpc) is 2.31. The van der Waals surface area contributed by atoms with E-state index < -0.39 is 32.7 Å². The van der Waals surface area contributed by atoms with E-state index in [1.165, 1.54) is 13.8 Å². The summed E-state index contributed by atoms with van der Waals surface area (Å²) in [5.74, 6) is -1.14. The maximum atomic E-state index is 11.3. The lowest BCUT2D eigenvalue weighted by molar-refractivity contribution is -0.119. The molecule has 1 unspecified atom stereocenters. The van der Waals surface area contributed by atoms with Crippen molar-refractivity contribution in [1.29, 1.82) is 0 Å². The highest BCUT2D eigenvalue weighted by Crippen LogP contribution is 2.19. The van der Waals surface area contributed by atoms with Crippen LogP contribution in [0.4, 0.5) is 0 Å². The van der Waals surface area contributed by atoms with Crippen molar-refractivity contribution in [3.05, 3.63) is 25.3 Å². The first-order valence-corrected chi connectivity index (χ1v) is 6.80. The van der Waals surface area contributed by atoms with Crippen LogP contribution in [0.5, 0.6) is 0 Å². The molecule has 0 fully saturated rings. The highest BCUT2D eigenvalue weighted by atomic mass is 32.2. The summed E-state index contributed by atoms with van der Waals surface area (Å²) in [5, 5.41) is 4.71. The highest BCUT2D eigenvalue weighted by Gasteiger charge is 2.41. The molecule has 0 spiro atoms. The molecule has 0 aliphatic rings. The number of carbonyl (C=O) groups excluding carboxylic acids is 2. The van der Waals surface area contributed by atoms with Crippen LogP contribution in [0.2, 0.25) is 0 Å². The zero-order valence-corrected chi connectivity index (χ0v) is 11.7. The quantitative estimate of drug-likeness (QED) is 0.437. The maximum Gasteiger partial charge on any atom is 0.272 e. The zero-order chi connectivity index (χ0) is 15.3. The van der Waals surface area contributed by atoms with Crippen LogP contribution < -0.4 is 10.6 Å². The van der Waals surface area contributed by atoms with Gasteiger partial charge in [0.05, 0.1) is 6.04 Å². The predicted molar refractivity (Wildman–Crippen MR) is 71.0 cm³/mol. The fourth-order valence-electron chi connectivity index (χ4n) is 1.16. The molecule has 0 aromatic carbocycles. The fourth-order valence-corrected chi connectivity index (χ4v) is 1.66. The van der Waals surface area contributed by atoms with Crippen molar-refractivity contribution in [2.45, 2.75) is 24.6 Å². The molecule has 1 atom stereocenters. The Balaban J connectivity index is 5.16. The Bertz CT molecular complexity index is 481. The standard InChI is InChI=1S/C11H18N2O5S/c1-5-9(14)12-7-8(13-10(15)6-2)11(3,4)19(16,17)18/h5-6,8H,1-2,7H2,3-4H3,(H,12,14)(H,13,15)(H,16,17,18). The number of amides is 2. The van der Waals surface area contributed by atoms with Gasteiger partial charge in [-0.05, 0) is 26.0 Å². The molecule has 0 aromatic rings. The van der Waals surface area contributed by atoms with Crippen LogP contribution in [-0.2, 0) is 19.7 Å². The summed E-state index contributed by atoms with van der Waals surface area (Å²) in [4.78, 5) is 22.3. The second-order valence-corrected chi connectivity index (χ2v) is 6.30. The van der Waals surface area contributed by atoms with Crippen LogP contribution in [0.3, 0.4) is 0 Å². The van der Waals surface area contributed by atoms with Crippen LogP contribution in [0.15, 0.2) is 25.3 Å². The average molecular weight is 290 g/mol. The van der Waals surface area contributed by atoms with Crippen LogP contribution in [-0.4, -0.2) is 42.1 Å². The third-order valence-corrected chi connectivity index (χ3v) is 4.29. The molecule has 0 heterocycles. The van der Waals surface area contributed by atoms with Crippen molar-refractivity contribution < 1.29 is 22.6 Å². The molecule has 19 heavy (non-hydrogen) atoms. The first kappa shape index (κ1) is 17.3. The Morgan fingerprint density at radius 3 is 2.11 bits per heavy atom. The summed E-state index contributed by atoms with van der Waals surface area (Å²) in [6, 6.07) is -1.03. The summed E-state index contributed by atoms with van der Waals surface area (Å²) < 4.78 is 30.2. The number of carbonyl (C=O) groups is 2. The molecule has 0 rings (SSSR count). The molecular formula is C11H18N2O5S. The minimum absolute atomic E-state index is 0.183. The van der Waals surface area contributed by atoms with Gasteiger partial charge in [-0.2, -0.15) is 8.42 Å². The van der Waals surface area contributed by atoms with E-state index in [0.29, 0.717) is 0 Å². The molecule has 7 nitrogen and oxygen atoms in total. The first-order chi connectivity index (χ1) is 8.56. The van der Waals surface area contributed by atoms with Crippen LogP contribution in [0.1, 0.15) is 13.8 Å². The van der Waals surface area contributed by atoms with Crippen LogP contribution in [0.25, 0.3) is 0 Å². The normalized spacial score (nSPS) is 13.2. The van der Waals surface area contributed by atoms with Crippen molar-refractivity contribution in [2.75, 3.05) is 6.54 Å². The molecular weight excluding hydrogens is 272 g/mol. The molecule has 0 aromatic heterocycles. The maximum absolute atomic E-state index is 11.3. The van der Waals surface area contributed by atoms with Gasteiger partial charge in [0.1, 0.15) is 4.75 Å². The lowest BCUT2D eigenvalue weighted by atomic mass is 10.0. The number of hydrogen-bond donors (Lipinski definition) is 3. The van der Waals surface area contributed by atoms with E-state index in [2.05, 4.69) is 23.8 Å². The zero-order valence-electron chi connectivity index (χ0n) is 10.8. The first-order valence-electron chi connectivity index (χ1n) is 5.36. The molecule has 8 heteroatoms. The van der Waals surface area contributed by atoms with Crippen molar-refractivity contribution in [3.8, 4) is 0 Å². The Kier molecular flexibility index (Phi) is 5.91. The molecule has 0 aliphatic heterocycles. The van der Waals surface area contributed by atoms with Gasteiger partial charge in [-0.25, -0.2) is 0 Å². The molecule has 2 amide bonds. The SMILES string of the molecule is C=CC(=O)NCC(NC(=O)C=C)C(C)(C)S(=O)(=O)O. The van der Waals surface area contributed by atoms with Crippen molar-refractivity contribution >= 4 is 21.9 Å². The van der Waals surface area contributed by atoms with Gasteiger partial charge in [0.2, 0.25) is 11.8 Å². The molecule has 0 saturated heterocycles. The topological polar surface area (TPSA) is 113 Å². The third-order valence-electron chi connectivity index (χ3n) is 2.67. The van der Waals surface area contributed by atoms with Gasteiger partial charge in [0, 0.05) is 6.54 Å². The van der Waals surface area contributed by atoms with Gasteiger partial charge in [-0.1, -0.05) is 13.2 Å². The Morgan fingerprint density at radius 2 is 1.74 bits per heavy atom. The van der Waals surface area contributed by atoms with Gasteiger partial charge in [-0.3, -0.25) is 14.1 Å². The number of rotatable bonds is 7. The van der Waals surface area contributed by atoms with Gasteiger partial charge < -0.3 is 10.6 Å². The fraction of sp³-hybridized carbons (Fsp3) is 0.455. The molecule has 0 bridgehead atoms. The number of hydrogen-bond acceptors (Lipinski definition) is 4. The summed E-state index contributed by atoms with van der Waals surface area (Å²) in [6.07, 6.45) is 1.97. The van der Waals surface area contributed by atoms with Crippen molar-refractivity contribution in [3.63, 3.8) is 0 Å². The van der Waals surface area contributed by atoms with E-state index in [0.717, 1.165) is 12.2 Å². The molecule has 0 saturated carbocycles. The van der Waals surface area contributed by atoms with E-state index in [1.807, 2.05) is 0 Å². The van der Waals surface area contributed by atoms with E-state index in [9.17, 15) is 22.6 Å². The second-order valence-electron chi connectivity index (χ2n) is 4.29. The lowest BCUT2D eigenvalue weighted by Gasteiger charge is -2.31. The van der Waals surface area contributed by atoms with Gasteiger partial charge >= 0.3 is 0 Å². The molecule has 3 N–H and O–H groups in total. The molecule has 0 radical (unpaired) electrons. The van der Waals surface area contributed by atoms with E-state index in [4.69, 9.17) is 0 Å². The van der Waals surface area contributed by atoms with Gasteiger partial charge in [0.25, 0.3) is 10.1 Å². The van der Waals surface area contributed by atoms with Crippen molar-refractivity contribution in [1.82, 2.24) is 10.6 Å². The smallest absolute Gasteiger partial charge is 0.272 e. The van der Waals surface area contributed by atoms with Crippen LogP contribution in [0, 0.1) is 0 Å². The third kappa shape index (κ3) is 4.84. The lowest BCUT2D eigenvalue weighted by Crippen LogP contribution is -2.57. The molecule has 108 valence electrons. The van der Waals surface area contributed by atoms with Gasteiger partial charge in [-0.15, -0.1) is 0 Å². The Hall–Kier alpha value is -1.67.